The van der Waals surface area contributed by atoms with E-state index >= 15 is 0 Å². The summed E-state index contributed by atoms with van der Waals surface area (Å²) in [6, 6.07) is 11.2. The Kier molecular flexibility index (Phi) is 4.38. The minimum atomic E-state index is 0.123. The van der Waals surface area contributed by atoms with Crippen molar-refractivity contribution in [3.8, 4) is 0 Å². The van der Waals surface area contributed by atoms with Gasteiger partial charge >= 0.3 is 0 Å². The van der Waals surface area contributed by atoms with Gasteiger partial charge in [-0.25, -0.2) is 0 Å². The molecule has 2 rings (SSSR count). The highest BCUT2D eigenvalue weighted by Crippen LogP contribution is 2.09. The van der Waals surface area contributed by atoms with Crippen molar-refractivity contribution < 1.29 is 0 Å². The molecule has 19 heavy (non-hydrogen) atoms. The lowest BCUT2D eigenvalue weighted by Gasteiger charge is -2.10. The summed E-state index contributed by atoms with van der Waals surface area (Å²) in [6.45, 7) is 6.36. The zero-order valence-electron chi connectivity index (χ0n) is 12.0. The molecule has 0 aliphatic carbocycles. The average Bonchev–Trinajstić information content (AvgIpc) is 2.80. The highest BCUT2D eigenvalue weighted by molar-refractivity contribution is 5.22. The predicted octanol–water partition coefficient (Wildman–Crippen LogP) is 2.88. The Hall–Kier alpha value is -1.61. The van der Waals surface area contributed by atoms with E-state index in [-0.39, 0.29) is 6.04 Å². The van der Waals surface area contributed by atoms with Crippen LogP contribution in [0.2, 0.25) is 0 Å². The summed E-state index contributed by atoms with van der Waals surface area (Å²) in [5, 5.41) is 4.54. The second-order valence-electron chi connectivity index (χ2n) is 5.53. The first-order chi connectivity index (χ1) is 9.04. The number of hydrogen-bond acceptors (Lipinski definition) is 2. The van der Waals surface area contributed by atoms with E-state index in [9.17, 15) is 0 Å². The molecule has 1 heterocycles. The topological polar surface area (TPSA) is 43.8 Å². The van der Waals surface area contributed by atoms with Crippen LogP contribution in [-0.2, 0) is 12.8 Å². The third-order valence-corrected chi connectivity index (χ3v) is 3.28. The van der Waals surface area contributed by atoms with E-state index in [2.05, 4.69) is 56.2 Å². The van der Waals surface area contributed by atoms with Crippen LogP contribution in [0.1, 0.15) is 36.7 Å². The maximum atomic E-state index is 6.21. The van der Waals surface area contributed by atoms with Gasteiger partial charge in [-0.3, -0.25) is 4.68 Å². The first kappa shape index (κ1) is 13.8. The van der Waals surface area contributed by atoms with E-state index in [1.807, 2.05) is 10.9 Å². The normalized spacial score (nSPS) is 12.9. The molecule has 0 radical (unpaired) electrons. The summed E-state index contributed by atoms with van der Waals surface area (Å²) in [5.74, 6) is 0. The van der Waals surface area contributed by atoms with E-state index < -0.39 is 0 Å². The molecule has 0 spiro atoms. The summed E-state index contributed by atoms with van der Waals surface area (Å²) in [4.78, 5) is 0. The van der Waals surface area contributed by atoms with Crippen molar-refractivity contribution in [3.05, 3.63) is 53.3 Å². The van der Waals surface area contributed by atoms with Crippen molar-refractivity contribution in [2.24, 2.45) is 5.73 Å². The van der Waals surface area contributed by atoms with Gasteiger partial charge in [0.1, 0.15) is 0 Å². The van der Waals surface area contributed by atoms with Crippen LogP contribution in [0.4, 0.5) is 0 Å². The van der Waals surface area contributed by atoms with Gasteiger partial charge in [0.25, 0.3) is 0 Å². The number of nitrogens with two attached hydrogens (primary N) is 1. The lowest BCUT2D eigenvalue weighted by Crippen LogP contribution is -2.25. The molecule has 0 aliphatic rings. The van der Waals surface area contributed by atoms with Crippen LogP contribution in [0, 0.1) is 6.92 Å². The van der Waals surface area contributed by atoms with Crippen molar-refractivity contribution in [3.63, 3.8) is 0 Å². The smallest absolute Gasteiger partial charge is 0.0640 e. The Labute approximate surface area is 115 Å². The molecule has 0 saturated heterocycles. The third-order valence-electron chi connectivity index (χ3n) is 3.28. The average molecular weight is 257 g/mol. The van der Waals surface area contributed by atoms with Crippen molar-refractivity contribution in [1.82, 2.24) is 9.78 Å². The fourth-order valence-electron chi connectivity index (χ4n) is 2.14. The zero-order valence-corrected chi connectivity index (χ0v) is 12.0. The summed E-state index contributed by atoms with van der Waals surface area (Å²) in [6.07, 6.45) is 3.75. The molecule has 1 aromatic heterocycles. The molecule has 2 aromatic rings. The van der Waals surface area contributed by atoms with Gasteiger partial charge in [0.2, 0.25) is 0 Å². The summed E-state index contributed by atoms with van der Waals surface area (Å²) >= 11 is 0. The quantitative estimate of drug-likeness (QED) is 0.895. The highest BCUT2D eigenvalue weighted by Gasteiger charge is 2.08. The first-order valence-electron chi connectivity index (χ1n) is 6.90. The summed E-state index contributed by atoms with van der Waals surface area (Å²) < 4.78 is 1.98. The number of aromatic nitrogens is 2. The Morgan fingerprint density at radius 1 is 1.11 bits per heavy atom. The molecular weight excluding hydrogens is 234 g/mol. The van der Waals surface area contributed by atoms with E-state index in [0.717, 1.165) is 18.5 Å². The molecule has 1 atom stereocenters. The molecule has 0 aliphatic heterocycles. The molecule has 102 valence electrons. The molecule has 3 heteroatoms. The van der Waals surface area contributed by atoms with Gasteiger partial charge in [0, 0.05) is 24.7 Å². The lowest BCUT2D eigenvalue weighted by molar-refractivity contribution is 0.521. The molecule has 1 aromatic carbocycles. The minimum Gasteiger partial charge on any atom is -0.327 e. The van der Waals surface area contributed by atoms with Crippen molar-refractivity contribution in [2.75, 3.05) is 0 Å². The standard InChI is InChI=1S/C16H23N3/c1-12(2)19-9-8-16(18-19)11-15(17)10-14-6-4-13(3)5-7-14/h4-9,12,15H,10-11,17H2,1-3H3. The molecule has 3 nitrogen and oxygen atoms in total. The van der Waals surface area contributed by atoms with Gasteiger partial charge in [0.15, 0.2) is 0 Å². The lowest BCUT2D eigenvalue weighted by atomic mass is 10.0. The van der Waals surface area contributed by atoms with Gasteiger partial charge in [-0.15, -0.1) is 0 Å². The van der Waals surface area contributed by atoms with Gasteiger partial charge in [-0.1, -0.05) is 29.8 Å². The molecule has 1 unspecified atom stereocenters. The van der Waals surface area contributed by atoms with Crippen molar-refractivity contribution >= 4 is 0 Å². The van der Waals surface area contributed by atoms with Gasteiger partial charge in [0.05, 0.1) is 5.69 Å². The fraction of sp³-hybridized carbons (Fsp3) is 0.438. The molecule has 0 fully saturated rings. The van der Waals surface area contributed by atoms with Crippen molar-refractivity contribution in [2.45, 2.75) is 45.7 Å². The number of aryl methyl sites for hydroxylation is 1. The first-order valence-corrected chi connectivity index (χ1v) is 6.90. The molecule has 2 N–H and O–H groups in total. The number of rotatable bonds is 5. The molecule has 0 bridgehead atoms. The minimum absolute atomic E-state index is 0.123. The Bertz CT molecular complexity index is 511. The third kappa shape index (κ3) is 3.93. The number of hydrogen-bond donors (Lipinski definition) is 1. The van der Waals surface area contributed by atoms with Crippen LogP contribution in [0.5, 0.6) is 0 Å². The van der Waals surface area contributed by atoms with Crippen molar-refractivity contribution in [1.29, 1.82) is 0 Å². The largest absolute Gasteiger partial charge is 0.327 e. The highest BCUT2D eigenvalue weighted by atomic mass is 15.3. The second kappa shape index (κ2) is 6.02. The van der Waals surface area contributed by atoms with E-state index in [0.29, 0.717) is 6.04 Å². The number of nitrogens with zero attached hydrogens (tertiary/aromatic N) is 2. The van der Waals surface area contributed by atoms with Crippen LogP contribution >= 0.6 is 0 Å². The number of benzene rings is 1. The SMILES string of the molecule is Cc1ccc(CC(N)Cc2ccn(C(C)C)n2)cc1. The maximum absolute atomic E-state index is 6.21. The van der Waals surface area contributed by atoms with Crippen LogP contribution in [-0.4, -0.2) is 15.8 Å². The van der Waals surface area contributed by atoms with Gasteiger partial charge in [-0.2, -0.15) is 5.10 Å². The van der Waals surface area contributed by atoms with Crippen LogP contribution in [0.15, 0.2) is 36.5 Å². The molecule has 0 saturated carbocycles. The maximum Gasteiger partial charge on any atom is 0.0640 e. The Balaban J connectivity index is 1.93. The van der Waals surface area contributed by atoms with Crippen LogP contribution in [0.3, 0.4) is 0 Å². The second-order valence-corrected chi connectivity index (χ2v) is 5.53. The van der Waals surface area contributed by atoms with E-state index in [1.54, 1.807) is 0 Å². The Morgan fingerprint density at radius 3 is 2.37 bits per heavy atom. The molecule has 0 amide bonds. The zero-order chi connectivity index (χ0) is 13.8. The van der Waals surface area contributed by atoms with Crippen LogP contribution in [0.25, 0.3) is 0 Å². The predicted molar refractivity (Wildman–Crippen MR) is 79.2 cm³/mol. The van der Waals surface area contributed by atoms with Gasteiger partial charge < -0.3 is 5.73 Å². The van der Waals surface area contributed by atoms with Crippen LogP contribution < -0.4 is 5.73 Å². The van der Waals surface area contributed by atoms with Gasteiger partial charge in [-0.05, 0) is 38.8 Å². The fourth-order valence-corrected chi connectivity index (χ4v) is 2.14. The van der Waals surface area contributed by atoms with E-state index in [1.165, 1.54) is 11.1 Å². The molecular formula is C16H23N3. The monoisotopic (exact) mass is 257 g/mol. The summed E-state index contributed by atoms with van der Waals surface area (Å²) in [7, 11) is 0. The Morgan fingerprint density at radius 2 is 1.79 bits per heavy atom. The summed E-state index contributed by atoms with van der Waals surface area (Å²) in [5.41, 5.74) is 9.87. The van der Waals surface area contributed by atoms with E-state index in [4.69, 9.17) is 5.73 Å².